The van der Waals surface area contributed by atoms with Crippen molar-refractivity contribution < 1.29 is 23.8 Å². The monoisotopic (exact) mass is 379 g/mol. The standard InChI is InChI=1S/C22H21NO5/c1-3-16-8-10-19(11-9-16)27-15-21(24)28-20-7-5-6-17(13-20)12-18(14-23)22(25)26-4-2/h5-13H,3-4,15H2,1-2H3/b18-12+. The lowest BCUT2D eigenvalue weighted by molar-refractivity contribution is -0.138. The Morgan fingerprint density at radius 3 is 2.46 bits per heavy atom. The van der Waals surface area contributed by atoms with E-state index in [1.54, 1.807) is 49.4 Å². The SMILES string of the molecule is CCOC(=O)/C(C#N)=C/c1cccc(OC(=O)COc2ccc(CC)cc2)c1. The molecule has 6 heteroatoms. The molecular formula is C22H21NO5. The molecule has 0 heterocycles. The third kappa shape index (κ3) is 6.29. The number of ether oxygens (including phenoxy) is 3. The molecule has 6 nitrogen and oxygen atoms in total. The van der Waals surface area contributed by atoms with E-state index < -0.39 is 11.9 Å². The van der Waals surface area contributed by atoms with Crippen LogP contribution in [0.25, 0.3) is 6.08 Å². The fourth-order valence-corrected chi connectivity index (χ4v) is 2.30. The Labute approximate surface area is 164 Å². The summed E-state index contributed by atoms with van der Waals surface area (Å²) in [6.07, 6.45) is 2.30. The molecule has 28 heavy (non-hydrogen) atoms. The molecule has 0 unspecified atom stereocenters. The molecule has 0 saturated heterocycles. The Morgan fingerprint density at radius 2 is 1.82 bits per heavy atom. The molecule has 0 amide bonds. The summed E-state index contributed by atoms with van der Waals surface area (Å²) in [6, 6.07) is 15.8. The van der Waals surface area contributed by atoms with Crippen LogP contribution in [0.2, 0.25) is 0 Å². The molecule has 0 N–H and O–H groups in total. The summed E-state index contributed by atoms with van der Waals surface area (Å²) in [5.41, 5.74) is 1.58. The minimum Gasteiger partial charge on any atom is -0.482 e. The lowest BCUT2D eigenvalue weighted by Crippen LogP contribution is -2.17. The number of benzene rings is 2. The maximum Gasteiger partial charge on any atom is 0.349 e. The summed E-state index contributed by atoms with van der Waals surface area (Å²) in [7, 11) is 0. The van der Waals surface area contributed by atoms with Crippen LogP contribution in [0.4, 0.5) is 0 Å². The van der Waals surface area contributed by atoms with E-state index in [2.05, 4.69) is 6.92 Å². The minimum absolute atomic E-state index is 0.135. The van der Waals surface area contributed by atoms with Crippen molar-refractivity contribution >= 4 is 18.0 Å². The lowest BCUT2D eigenvalue weighted by atomic mass is 10.1. The second-order valence-electron chi connectivity index (χ2n) is 5.72. The molecule has 0 aliphatic heterocycles. The van der Waals surface area contributed by atoms with E-state index in [-0.39, 0.29) is 24.5 Å². The zero-order valence-corrected chi connectivity index (χ0v) is 15.8. The van der Waals surface area contributed by atoms with Crippen LogP contribution in [-0.2, 0) is 20.7 Å². The van der Waals surface area contributed by atoms with Gasteiger partial charge in [-0.15, -0.1) is 0 Å². The Kier molecular flexibility index (Phi) is 7.79. The van der Waals surface area contributed by atoms with E-state index >= 15 is 0 Å². The van der Waals surface area contributed by atoms with Gasteiger partial charge in [0.2, 0.25) is 0 Å². The number of carbonyl (C=O) groups is 2. The van der Waals surface area contributed by atoms with Gasteiger partial charge in [-0.25, -0.2) is 9.59 Å². The summed E-state index contributed by atoms with van der Waals surface area (Å²) < 4.78 is 15.5. The third-order valence-corrected chi connectivity index (χ3v) is 3.70. The summed E-state index contributed by atoms with van der Waals surface area (Å²) in [5.74, 6) is -0.398. The molecule has 2 aromatic rings. The van der Waals surface area contributed by atoms with Crippen molar-refractivity contribution in [2.75, 3.05) is 13.2 Å². The third-order valence-electron chi connectivity index (χ3n) is 3.70. The number of rotatable bonds is 8. The molecular weight excluding hydrogens is 358 g/mol. The van der Waals surface area contributed by atoms with Crippen LogP contribution in [-0.4, -0.2) is 25.2 Å². The van der Waals surface area contributed by atoms with Gasteiger partial charge in [-0.05, 0) is 54.8 Å². The number of aryl methyl sites for hydroxylation is 1. The molecule has 0 bridgehead atoms. The highest BCUT2D eigenvalue weighted by molar-refractivity contribution is 5.97. The maximum absolute atomic E-state index is 12.0. The Hall–Kier alpha value is -3.59. The average Bonchev–Trinajstić information content (AvgIpc) is 2.71. The fraction of sp³-hybridized carbons (Fsp3) is 0.227. The first-order valence-corrected chi connectivity index (χ1v) is 8.87. The molecule has 2 rings (SSSR count). The molecule has 0 fully saturated rings. The highest BCUT2D eigenvalue weighted by atomic mass is 16.6. The predicted octanol–water partition coefficient (Wildman–Crippen LogP) is 3.70. The van der Waals surface area contributed by atoms with Crippen molar-refractivity contribution in [1.29, 1.82) is 5.26 Å². The number of nitriles is 1. The number of carbonyl (C=O) groups excluding carboxylic acids is 2. The second-order valence-corrected chi connectivity index (χ2v) is 5.72. The van der Waals surface area contributed by atoms with Gasteiger partial charge in [0.05, 0.1) is 6.61 Å². The smallest absolute Gasteiger partial charge is 0.349 e. The Balaban J connectivity index is 1.98. The first kappa shape index (κ1) is 20.7. The lowest BCUT2D eigenvalue weighted by Gasteiger charge is -2.08. The second kappa shape index (κ2) is 10.5. The highest BCUT2D eigenvalue weighted by Gasteiger charge is 2.11. The van der Waals surface area contributed by atoms with E-state index in [0.717, 1.165) is 6.42 Å². The number of esters is 2. The van der Waals surface area contributed by atoms with Gasteiger partial charge in [-0.2, -0.15) is 5.26 Å². The summed E-state index contributed by atoms with van der Waals surface area (Å²) in [6.45, 7) is 3.66. The van der Waals surface area contributed by atoms with Crippen LogP contribution in [0.3, 0.4) is 0 Å². The molecule has 0 radical (unpaired) electrons. The largest absolute Gasteiger partial charge is 0.482 e. The van der Waals surface area contributed by atoms with Gasteiger partial charge in [0.1, 0.15) is 23.1 Å². The zero-order chi connectivity index (χ0) is 20.4. The molecule has 0 aliphatic rings. The average molecular weight is 379 g/mol. The molecule has 0 aliphatic carbocycles. The van der Waals surface area contributed by atoms with Crippen LogP contribution in [0.15, 0.2) is 54.1 Å². The normalized spacial score (nSPS) is 10.7. The van der Waals surface area contributed by atoms with Crippen LogP contribution in [0, 0.1) is 11.3 Å². The van der Waals surface area contributed by atoms with Gasteiger partial charge in [-0.3, -0.25) is 0 Å². The molecule has 144 valence electrons. The molecule has 2 aromatic carbocycles. The van der Waals surface area contributed by atoms with E-state index in [0.29, 0.717) is 11.3 Å². The van der Waals surface area contributed by atoms with Crippen molar-refractivity contribution in [3.05, 3.63) is 65.2 Å². The zero-order valence-electron chi connectivity index (χ0n) is 15.8. The van der Waals surface area contributed by atoms with Gasteiger partial charge in [0.15, 0.2) is 6.61 Å². The quantitative estimate of drug-likeness (QED) is 0.301. The molecule has 0 spiro atoms. The number of hydrogen-bond acceptors (Lipinski definition) is 6. The van der Waals surface area contributed by atoms with Crippen molar-refractivity contribution in [1.82, 2.24) is 0 Å². The van der Waals surface area contributed by atoms with Crippen LogP contribution in [0.5, 0.6) is 11.5 Å². The van der Waals surface area contributed by atoms with Gasteiger partial charge in [0, 0.05) is 0 Å². The van der Waals surface area contributed by atoms with Crippen molar-refractivity contribution in [2.45, 2.75) is 20.3 Å². The van der Waals surface area contributed by atoms with E-state index in [1.165, 1.54) is 11.6 Å². The molecule has 0 atom stereocenters. The Bertz CT molecular complexity index is 894. The first-order chi connectivity index (χ1) is 13.5. The minimum atomic E-state index is -0.699. The van der Waals surface area contributed by atoms with Crippen LogP contribution < -0.4 is 9.47 Å². The van der Waals surface area contributed by atoms with Crippen LogP contribution >= 0.6 is 0 Å². The number of hydrogen-bond donors (Lipinski definition) is 0. The summed E-state index contributed by atoms with van der Waals surface area (Å²) in [4.78, 5) is 23.7. The van der Waals surface area contributed by atoms with E-state index in [9.17, 15) is 9.59 Å². The van der Waals surface area contributed by atoms with Gasteiger partial charge < -0.3 is 14.2 Å². The topological polar surface area (TPSA) is 85.6 Å². The maximum atomic E-state index is 12.0. The molecule has 0 aromatic heterocycles. The van der Waals surface area contributed by atoms with E-state index in [4.69, 9.17) is 19.5 Å². The van der Waals surface area contributed by atoms with Gasteiger partial charge in [-0.1, -0.05) is 31.2 Å². The van der Waals surface area contributed by atoms with E-state index in [1.807, 2.05) is 12.1 Å². The summed E-state index contributed by atoms with van der Waals surface area (Å²) >= 11 is 0. The Morgan fingerprint density at radius 1 is 1.07 bits per heavy atom. The van der Waals surface area contributed by atoms with Crippen molar-refractivity contribution in [3.63, 3.8) is 0 Å². The highest BCUT2D eigenvalue weighted by Crippen LogP contribution is 2.17. The van der Waals surface area contributed by atoms with Crippen molar-refractivity contribution in [3.8, 4) is 17.6 Å². The van der Waals surface area contributed by atoms with Gasteiger partial charge >= 0.3 is 11.9 Å². The predicted molar refractivity (Wildman–Crippen MR) is 104 cm³/mol. The first-order valence-electron chi connectivity index (χ1n) is 8.87. The fourth-order valence-electron chi connectivity index (χ4n) is 2.30. The molecule has 0 saturated carbocycles. The van der Waals surface area contributed by atoms with Crippen molar-refractivity contribution in [2.24, 2.45) is 0 Å². The van der Waals surface area contributed by atoms with Crippen LogP contribution in [0.1, 0.15) is 25.0 Å². The summed E-state index contributed by atoms with van der Waals surface area (Å²) in [5, 5.41) is 9.09. The number of nitrogens with zero attached hydrogens (tertiary/aromatic N) is 1. The van der Waals surface area contributed by atoms with Gasteiger partial charge in [0.25, 0.3) is 0 Å².